The summed E-state index contributed by atoms with van der Waals surface area (Å²) in [6.45, 7) is 0. The van der Waals surface area contributed by atoms with Crippen molar-refractivity contribution in [3.63, 3.8) is 0 Å². The summed E-state index contributed by atoms with van der Waals surface area (Å²) in [4.78, 5) is 9.33. The Kier molecular flexibility index (Phi) is 2.47. The summed E-state index contributed by atoms with van der Waals surface area (Å²) >= 11 is 0. The van der Waals surface area contributed by atoms with E-state index in [9.17, 15) is 10.1 Å². The molecule has 0 aliphatic rings. The Hall–Kier alpha value is -1.78. The van der Waals surface area contributed by atoms with Gasteiger partial charge in [0.1, 0.15) is 12.0 Å². The van der Waals surface area contributed by atoms with E-state index in [1.165, 1.54) is 19.4 Å². The van der Waals surface area contributed by atoms with E-state index in [1.54, 1.807) is 6.07 Å². The van der Waals surface area contributed by atoms with Crippen LogP contribution in [0.15, 0.2) is 22.9 Å². The molecule has 1 heterocycles. The molecule has 0 saturated carbocycles. The van der Waals surface area contributed by atoms with Gasteiger partial charge in [-0.3, -0.25) is 10.1 Å². The second kappa shape index (κ2) is 3.56. The second-order valence-electron chi connectivity index (χ2n) is 1.99. The van der Waals surface area contributed by atoms with Crippen molar-refractivity contribution in [1.29, 1.82) is 0 Å². The molecule has 0 spiro atoms. The van der Waals surface area contributed by atoms with Crippen LogP contribution in [-0.4, -0.2) is 12.0 Å². The van der Waals surface area contributed by atoms with E-state index in [-0.39, 0.29) is 0 Å². The molecule has 1 aromatic heterocycles. The Morgan fingerprint density at radius 1 is 1.75 bits per heavy atom. The van der Waals surface area contributed by atoms with E-state index in [2.05, 4.69) is 0 Å². The van der Waals surface area contributed by atoms with Gasteiger partial charge in [-0.2, -0.15) is 0 Å². The lowest BCUT2D eigenvalue weighted by Crippen LogP contribution is -1.81. The molecule has 0 unspecified atom stereocenters. The predicted molar refractivity (Wildman–Crippen MR) is 41.3 cm³/mol. The van der Waals surface area contributed by atoms with Crippen LogP contribution in [0.3, 0.4) is 0 Å². The van der Waals surface area contributed by atoms with E-state index in [0.29, 0.717) is 11.5 Å². The topological polar surface area (TPSA) is 65.5 Å². The SMILES string of the molecule is COc1coc(C=C[N+](=O)[O-])c1. The second-order valence-corrected chi connectivity index (χ2v) is 1.99. The number of hydrogen-bond acceptors (Lipinski definition) is 4. The minimum absolute atomic E-state index is 0.392. The molecule has 0 saturated heterocycles. The smallest absolute Gasteiger partial charge is 0.238 e. The maximum Gasteiger partial charge on any atom is 0.238 e. The van der Waals surface area contributed by atoms with Gasteiger partial charge >= 0.3 is 0 Å². The van der Waals surface area contributed by atoms with Gasteiger partial charge in [-0.15, -0.1) is 0 Å². The monoisotopic (exact) mass is 169 g/mol. The van der Waals surface area contributed by atoms with Crippen LogP contribution in [0.25, 0.3) is 6.08 Å². The molecule has 0 amide bonds. The van der Waals surface area contributed by atoms with E-state index in [0.717, 1.165) is 6.20 Å². The van der Waals surface area contributed by atoms with Gasteiger partial charge in [0.2, 0.25) is 6.20 Å². The fourth-order valence-corrected chi connectivity index (χ4v) is 0.663. The highest BCUT2D eigenvalue weighted by Crippen LogP contribution is 2.15. The van der Waals surface area contributed by atoms with Crippen LogP contribution in [0.2, 0.25) is 0 Å². The fourth-order valence-electron chi connectivity index (χ4n) is 0.663. The maximum atomic E-state index is 9.89. The summed E-state index contributed by atoms with van der Waals surface area (Å²) < 4.78 is 9.69. The van der Waals surface area contributed by atoms with Crippen LogP contribution >= 0.6 is 0 Å². The van der Waals surface area contributed by atoms with Crippen molar-refractivity contribution < 1.29 is 14.1 Å². The molecule has 5 heteroatoms. The third kappa shape index (κ3) is 2.12. The third-order valence-electron chi connectivity index (χ3n) is 1.19. The molecule has 64 valence electrons. The Labute approximate surface area is 68.4 Å². The van der Waals surface area contributed by atoms with Gasteiger partial charge in [0.15, 0.2) is 5.75 Å². The molecular weight excluding hydrogens is 162 g/mol. The zero-order chi connectivity index (χ0) is 8.97. The van der Waals surface area contributed by atoms with Crippen LogP contribution in [0.1, 0.15) is 5.76 Å². The Morgan fingerprint density at radius 3 is 3.00 bits per heavy atom. The van der Waals surface area contributed by atoms with Gasteiger partial charge < -0.3 is 9.15 Å². The average molecular weight is 169 g/mol. The molecule has 1 rings (SSSR count). The average Bonchev–Trinajstić information content (AvgIpc) is 2.48. The number of rotatable bonds is 3. The quantitative estimate of drug-likeness (QED) is 0.508. The number of ether oxygens (including phenoxy) is 1. The van der Waals surface area contributed by atoms with Crippen LogP contribution in [0.5, 0.6) is 5.75 Å². The molecule has 0 aliphatic heterocycles. The van der Waals surface area contributed by atoms with E-state index in [4.69, 9.17) is 9.15 Å². The lowest BCUT2D eigenvalue weighted by Gasteiger charge is -1.85. The van der Waals surface area contributed by atoms with E-state index in [1.807, 2.05) is 0 Å². The first-order valence-corrected chi connectivity index (χ1v) is 3.16. The highest BCUT2D eigenvalue weighted by atomic mass is 16.6. The minimum atomic E-state index is -0.561. The summed E-state index contributed by atoms with van der Waals surface area (Å²) in [5.41, 5.74) is 0. The van der Waals surface area contributed by atoms with Crippen molar-refractivity contribution in [2.45, 2.75) is 0 Å². The summed E-state index contributed by atoms with van der Waals surface area (Å²) in [7, 11) is 1.49. The van der Waals surface area contributed by atoms with Crippen molar-refractivity contribution in [3.8, 4) is 5.75 Å². The number of methoxy groups -OCH3 is 1. The first kappa shape index (κ1) is 8.32. The predicted octanol–water partition coefficient (Wildman–Crippen LogP) is 1.54. The van der Waals surface area contributed by atoms with Crippen LogP contribution < -0.4 is 4.74 Å². The van der Waals surface area contributed by atoms with Gasteiger partial charge in [0, 0.05) is 6.07 Å². The summed E-state index contributed by atoms with van der Waals surface area (Å²) in [6.07, 6.45) is 3.43. The number of nitrogens with zero attached hydrogens (tertiary/aromatic N) is 1. The number of hydrogen-bond donors (Lipinski definition) is 0. The lowest BCUT2D eigenvalue weighted by atomic mass is 10.4. The van der Waals surface area contributed by atoms with E-state index >= 15 is 0 Å². The molecule has 0 atom stereocenters. The number of nitro groups is 1. The first-order valence-electron chi connectivity index (χ1n) is 3.16. The highest BCUT2D eigenvalue weighted by Gasteiger charge is 1.98. The number of furan rings is 1. The third-order valence-corrected chi connectivity index (χ3v) is 1.19. The summed E-state index contributed by atoms with van der Waals surface area (Å²) in [5, 5.41) is 9.89. The van der Waals surface area contributed by atoms with Crippen molar-refractivity contribution in [2.75, 3.05) is 7.11 Å². The molecule has 0 radical (unpaired) electrons. The van der Waals surface area contributed by atoms with Crippen molar-refractivity contribution in [3.05, 3.63) is 34.4 Å². The van der Waals surface area contributed by atoms with E-state index < -0.39 is 4.92 Å². The molecule has 0 aliphatic carbocycles. The van der Waals surface area contributed by atoms with Crippen molar-refractivity contribution in [2.24, 2.45) is 0 Å². The Balaban J connectivity index is 2.70. The minimum Gasteiger partial charge on any atom is -0.493 e. The fraction of sp³-hybridized carbons (Fsp3) is 0.143. The van der Waals surface area contributed by atoms with Gasteiger partial charge in [-0.1, -0.05) is 0 Å². The molecule has 5 nitrogen and oxygen atoms in total. The van der Waals surface area contributed by atoms with Gasteiger partial charge in [-0.25, -0.2) is 0 Å². The molecule has 12 heavy (non-hydrogen) atoms. The van der Waals surface area contributed by atoms with Crippen LogP contribution in [-0.2, 0) is 0 Å². The van der Waals surface area contributed by atoms with Crippen molar-refractivity contribution >= 4 is 6.08 Å². The standard InChI is InChI=1S/C7H7NO4/c1-11-7-4-6(12-5-7)2-3-8(9)10/h2-5H,1H3. The summed E-state index contributed by atoms with van der Waals surface area (Å²) in [6, 6.07) is 1.56. The lowest BCUT2D eigenvalue weighted by molar-refractivity contribution is -0.401. The highest BCUT2D eigenvalue weighted by molar-refractivity contribution is 5.43. The molecule has 0 N–H and O–H groups in total. The maximum absolute atomic E-state index is 9.89. The van der Waals surface area contributed by atoms with Gasteiger partial charge in [0.05, 0.1) is 18.1 Å². The van der Waals surface area contributed by atoms with Gasteiger partial charge in [0.25, 0.3) is 0 Å². The first-order chi connectivity index (χ1) is 5.72. The largest absolute Gasteiger partial charge is 0.493 e. The molecular formula is C7H7NO4. The zero-order valence-electron chi connectivity index (χ0n) is 6.39. The summed E-state index contributed by atoms with van der Waals surface area (Å²) in [5.74, 6) is 0.932. The normalized spacial score (nSPS) is 10.4. The van der Waals surface area contributed by atoms with Crippen molar-refractivity contribution in [1.82, 2.24) is 0 Å². The Morgan fingerprint density at radius 2 is 2.50 bits per heavy atom. The molecule has 1 aromatic rings. The molecule has 0 fully saturated rings. The molecule has 0 aromatic carbocycles. The van der Waals surface area contributed by atoms with Crippen LogP contribution in [0, 0.1) is 10.1 Å². The Bertz CT molecular complexity index is 302. The van der Waals surface area contributed by atoms with Crippen LogP contribution in [0.4, 0.5) is 0 Å². The van der Waals surface area contributed by atoms with Gasteiger partial charge in [-0.05, 0) is 0 Å². The molecule has 0 bridgehead atoms. The zero-order valence-corrected chi connectivity index (χ0v) is 6.39.